The van der Waals surface area contributed by atoms with E-state index in [9.17, 15) is 9.59 Å². The van der Waals surface area contributed by atoms with Crippen LogP contribution >= 0.6 is 22.9 Å². The van der Waals surface area contributed by atoms with Crippen molar-refractivity contribution in [1.29, 1.82) is 0 Å². The molecule has 1 aromatic carbocycles. The first-order chi connectivity index (χ1) is 13.1. The second kappa shape index (κ2) is 7.46. The van der Waals surface area contributed by atoms with E-state index in [1.807, 2.05) is 29.6 Å². The second-order valence-corrected chi connectivity index (χ2v) is 7.42. The number of thiazole rings is 1. The number of carbonyl (C=O) groups excluding carboxylic acids is 2. The Morgan fingerprint density at radius 3 is 2.89 bits per heavy atom. The van der Waals surface area contributed by atoms with Gasteiger partial charge >= 0.3 is 0 Å². The van der Waals surface area contributed by atoms with Crippen LogP contribution in [0.15, 0.2) is 54.0 Å². The molecule has 3 aromatic rings. The zero-order valence-electron chi connectivity index (χ0n) is 14.1. The lowest BCUT2D eigenvalue weighted by Crippen LogP contribution is -2.28. The summed E-state index contributed by atoms with van der Waals surface area (Å²) in [6, 6.07) is 12.6. The highest BCUT2D eigenvalue weighted by atomic mass is 35.5. The van der Waals surface area contributed by atoms with Gasteiger partial charge in [-0.3, -0.25) is 14.6 Å². The van der Waals surface area contributed by atoms with Gasteiger partial charge in [-0.1, -0.05) is 23.7 Å². The van der Waals surface area contributed by atoms with Crippen LogP contribution in [0.25, 0.3) is 11.4 Å². The molecule has 1 atom stereocenters. The molecule has 6 nitrogen and oxygen atoms in total. The van der Waals surface area contributed by atoms with Crippen molar-refractivity contribution in [2.24, 2.45) is 5.92 Å². The highest BCUT2D eigenvalue weighted by Gasteiger charge is 2.35. The van der Waals surface area contributed by atoms with Crippen LogP contribution in [-0.2, 0) is 9.59 Å². The van der Waals surface area contributed by atoms with E-state index in [0.29, 0.717) is 28.1 Å². The van der Waals surface area contributed by atoms with Gasteiger partial charge in [0, 0.05) is 35.3 Å². The van der Waals surface area contributed by atoms with Crippen molar-refractivity contribution >= 4 is 45.6 Å². The Morgan fingerprint density at radius 1 is 1.22 bits per heavy atom. The summed E-state index contributed by atoms with van der Waals surface area (Å²) in [5, 5.41) is 5.71. The van der Waals surface area contributed by atoms with Gasteiger partial charge in [0.2, 0.25) is 11.8 Å². The summed E-state index contributed by atoms with van der Waals surface area (Å²) in [5.74, 6) is -0.737. The minimum Gasteiger partial charge on any atom is -0.312 e. The van der Waals surface area contributed by atoms with Crippen LogP contribution in [-0.4, -0.2) is 28.3 Å². The minimum atomic E-state index is -0.432. The Hall–Kier alpha value is -2.77. The molecule has 1 N–H and O–H groups in total. The smallest absolute Gasteiger partial charge is 0.231 e. The monoisotopic (exact) mass is 398 g/mol. The molecular formula is C19H15ClN4O2S. The van der Waals surface area contributed by atoms with E-state index in [1.165, 1.54) is 11.3 Å². The van der Waals surface area contributed by atoms with Gasteiger partial charge in [0.05, 0.1) is 11.6 Å². The van der Waals surface area contributed by atoms with Crippen molar-refractivity contribution in [1.82, 2.24) is 9.97 Å². The van der Waals surface area contributed by atoms with Crippen LogP contribution in [0.1, 0.15) is 6.42 Å². The molecule has 0 saturated carbocycles. The van der Waals surface area contributed by atoms with Gasteiger partial charge in [-0.2, -0.15) is 0 Å². The maximum Gasteiger partial charge on any atom is 0.231 e. The molecule has 0 bridgehead atoms. The largest absolute Gasteiger partial charge is 0.312 e. The number of amides is 2. The lowest BCUT2D eigenvalue weighted by atomic mass is 10.1. The SMILES string of the molecule is O=C(Nc1nc(-c2ccccn2)cs1)C1CC(=O)N(c2cccc(Cl)c2)C1. The number of nitrogens with one attached hydrogen (secondary N) is 1. The third-order valence-corrected chi connectivity index (χ3v) is 5.27. The van der Waals surface area contributed by atoms with Crippen LogP contribution in [0.3, 0.4) is 0 Å². The number of nitrogens with zero attached hydrogens (tertiary/aromatic N) is 3. The molecule has 27 heavy (non-hydrogen) atoms. The van der Waals surface area contributed by atoms with E-state index >= 15 is 0 Å². The molecule has 3 heterocycles. The van der Waals surface area contributed by atoms with Gasteiger partial charge in [-0.15, -0.1) is 11.3 Å². The predicted molar refractivity (Wildman–Crippen MR) is 106 cm³/mol. The number of halogens is 1. The van der Waals surface area contributed by atoms with Crippen LogP contribution in [0.2, 0.25) is 5.02 Å². The number of aromatic nitrogens is 2. The molecule has 1 aliphatic rings. The molecule has 8 heteroatoms. The Labute approximate surface area is 164 Å². The summed E-state index contributed by atoms with van der Waals surface area (Å²) < 4.78 is 0. The quantitative estimate of drug-likeness (QED) is 0.724. The average molecular weight is 399 g/mol. The van der Waals surface area contributed by atoms with E-state index in [-0.39, 0.29) is 18.2 Å². The molecule has 1 unspecified atom stereocenters. The van der Waals surface area contributed by atoms with Crippen LogP contribution in [0.5, 0.6) is 0 Å². The number of hydrogen-bond acceptors (Lipinski definition) is 5. The van der Waals surface area contributed by atoms with E-state index < -0.39 is 5.92 Å². The van der Waals surface area contributed by atoms with Crippen LogP contribution < -0.4 is 10.2 Å². The number of benzene rings is 1. The third kappa shape index (κ3) is 3.84. The van der Waals surface area contributed by atoms with Crippen molar-refractivity contribution in [3.05, 3.63) is 59.1 Å². The molecule has 0 spiro atoms. The fourth-order valence-corrected chi connectivity index (χ4v) is 3.84. The first-order valence-electron chi connectivity index (χ1n) is 8.34. The van der Waals surface area contributed by atoms with Crippen molar-refractivity contribution in [2.45, 2.75) is 6.42 Å². The zero-order chi connectivity index (χ0) is 18.8. The van der Waals surface area contributed by atoms with E-state index in [1.54, 1.807) is 29.3 Å². The zero-order valence-corrected chi connectivity index (χ0v) is 15.7. The molecule has 136 valence electrons. The third-order valence-electron chi connectivity index (χ3n) is 4.28. The highest BCUT2D eigenvalue weighted by Crippen LogP contribution is 2.29. The standard InChI is InChI=1S/C19H15ClN4O2S/c20-13-4-3-5-14(9-13)24-10-12(8-17(24)25)18(26)23-19-22-16(11-27-19)15-6-1-2-7-21-15/h1-7,9,11-12H,8,10H2,(H,22,23,26). The van der Waals surface area contributed by atoms with E-state index in [2.05, 4.69) is 15.3 Å². The number of anilines is 2. The fraction of sp³-hybridized carbons (Fsp3) is 0.158. The van der Waals surface area contributed by atoms with Gasteiger partial charge in [0.25, 0.3) is 0 Å². The first kappa shape index (κ1) is 17.6. The summed E-state index contributed by atoms with van der Waals surface area (Å²) in [7, 11) is 0. The highest BCUT2D eigenvalue weighted by molar-refractivity contribution is 7.14. The Bertz CT molecular complexity index is 992. The maximum absolute atomic E-state index is 12.6. The van der Waals surface area contributed by atoms with Crippen molar-refractivity contribution in [2.75, 3.05) is 16.8 Å². The van der Waals surface area contributed by atoms with Crippen molar-refractivity contribution < 1.29 is 9.59 Å². The molecule has 1 fully saturated rings. The summed E-state index contributed by atoms with van der Waals surface area (Å²) in [5.41, 5.74) is 2.16. The van der Waals surface area contributed by atoms with Gasteiger partial charge in [0.15, 0.2) is 5.13 Å². The Balaban J connectivity index is 1.44. The van der Waals surface area contributed by atoms with Crippen LogP contribution in [0, 0.1) is 5.92 Å². The van der Waals surface area contributed by atoms with Crippen molar-refractivity contribution in [3.63, 3.8) is 0 Å². The second-order valence-electron chi connectivity index (χ2n) is 6.13. The van der Waals surface area contributed by atoms with Gasteiger partial charge < -0.3 is 10.2 Å². The molecule has 0 aliphatic carbocycles. The lowest BCUT2D eigenvalue weighted by molar-refractivity contribution is -0.122. The number of rotatable bonds is 4. The molecule has 4 rings (SSSR count). The van der Waals surface area contributed by atoms with E-state index in [4.69, 9.17) is 11.6 Å². The molecule has 0 radical (unpaired) electrons. The summed E-state index contributed by atoms with van der Waals surface area (Å²) in [6.45, 7) is 0.323. The number of carbonyl (C=O) groups is 2. The van der Waals surface area contributed by atoms with Gasteiger partial charge in [0.1, 0.15) is 5.69 Å². The molecule has 2 amide bonds. The Kier molecular flexibility index (Phi) is 4.87. The summed E-state index contributed by atoms with van der Waals surface area (Å²) in [4.78, 5) is 35.2. The van der Waals surface area contributed by atoms with Gasteiger partial charge in [-0.25, -0.2) is 4.98 Å². The molecular weight excluding hydrogens is 384 g/mol. The van der Waals surface area contributed by atoms with E-state index in [0.717, 1.165) is 5.69 Å². The maximum atomic E-state index is 12.6. The van der Waals surface area contributed by atoms with Crippen LogP contribution in [0.4, 0.5) is 10.8 Å². The number of hydrogen-bond donors (Lipinski definition) is 1. The summed E-state index contributed by atoms with van der Waals surface area (Å²) in [6.07, 6.45) is 1.86. The molecule has 2 aromatic heterocycles. The first-order valence-corrected chi connectivity index (χ1v) is 9.59. The normalized spacial score (nSPS) is 16.6. The fourth-order valence-electron chi connectivity index (χ4n) is 2.95. The summed E-state index contributed by atoms with van der Waals surface area (Å²) >= 11 is 7.33. The van der Waals surface area contributed by atoms with Crippen molar-refractivity contribution in [3.8, 4) is 11.4 Å². The number of pyridine rings is 1. The molecule has 1 aliphatic heterocycles. The lowest BCUT2D eigenvalue weighted by Gasteiger charge is -2.16. The predicted octanol–water partition coefficient (Wildman–Crippen LogP) is 3.85. The molecule has 1 saturated heterocycles. The topological polar surface area (TPSA) is 75.2 Å². The Morgan fingerprint density at radius 2 is 2.11 bits per heavy atom. The minimum absolute atomic E-state index is 0.0919. The average Bonchev–Trinajstić information content (AvgIpc) is 3.29. The van der Waals surface area contributed by atoms with Gasteiger partial charge in [-0.05, 0) is 30.3 Å².